The lowest BCUT2D eigenvalue weighted by Crippen LogP contribution is -2.39. The maximum Gasteiger partial charge on any atom is 0.307 e. The first-order valence-corrected chi connectivity index (χ1v) is 11.1. The Morgan fingerprint density at radius 2 is 1.78 bits per heavy atom. The molecule has 3 aromatic rings. The smallest absolute Gasteiger partial charge is 0.307 e. The number of amides is 1. The zero-order valence-corrected chi connectivity index (χ0v) is 19.5. The van der Waals surface area contributed by atoms with Gasteiger partial charge >= 0.3 is 5.97 Å². The molecule has 0 atom stereocenters. The molecule has 1 aliphatic rings. The van der Waals surface area contributed by atoms with Gasteiger partial charge in [0.1, 0.15) is 0 Å². The van der Waals surface area contributed by atoms with Crippen LogP contribution < -0.4 is 4.90 Å². The molecule has 0 unspecified atom stereocenters. The van der Waals surface area contributed by atoms with E-state index in [1.165, 1.54) is 16.8 Å². The van der Waals surface area contributed by atoms with Crippen molar-refractivity contribution in [1.29, 1.82) is 0 Å². The molecule has 0 saturated carbocycles. The molecular formula is C26H31N3O3. The average molecular weight is 434 g/mol. The van der Waals surface area contributed by atoms with E-state index in [0.717, 1.165) is 46.4 Å². The van der Waals surface area contributed by atoms with Crippen molar-refractivity contribution in [2.24, 2.45) is 0 Å². The number of aromatic nitrogens is 1. The predicted molar refractivity (Wildman–Crippen MR) is 128 cm³/mol. The Hall–Kier alpha value is -3.28. The van der Waals surface area contributed by atoms with Crippen LogP contribution in [0.15, 0.2) is 30.3 Å². The first kappa shape index (κ1) is 21.9. The summed E-state index contributed by atoms with van der Waals surface area (Å²) in [4.78, 5) is 27.7. The fourth-order valence-electron chi connectivity index (χ4n) is 4.87. The number of rotatable bonds is 6. The van der Waals surface area contributed by atoms with Gasteiger partial charge in [0, 0.05) is 51.2 Å². The third kappa shape index (κ3) is 3.74. The Morgan fingerprint density at radius 1 is 1.09 bits per heavy atom. The van der Waals surface area contributed by atoms with Crippen LogP contribution in [0.3, 0.4) is 0 Å². The predicted octanol–water partition coefficient (Wildman–Crippen LogP) is 4.16. The minimum absolute atomic E-state index is 0.0244. The Bertz CT molecular complexity index is 1210. The molecule has 0 fully saturated rings. The Morgan fingerprint density at radius 3 is 2.41 bits per heavy atom. The van der Waals surface area contributed by atoms with Crippen molar-refractivity contribution < 1.29 is 14.7 Å². The van der Waals surface area contributed by atoms with Gasteiger partial charge in [-0.25, -0.2) is 0 Å². The molecule has 6 nitrogen and oxygen atoms in total. The van der Waals surface area contributed by atoms with Crippen LogP contribution >= 0.6 is 0 Å². The van der Waals surface area contributed by atoms with E-state index < -0.39 is 5.97 Å². The molecule has 2 aromatic carbocycles. The van der Waals surface area contributed by atoms with Crippen molar-refractivity contribution in [3.8, 4) is 11.1 Å². The lowest BCUT2D eigenvalue weighted by atomic mass is 9.88. The minimum atomic E-state index is -0.831. The van der Waals surface area contributed by atoms with E-state index in [4.69, 9.17) is 0 Å². The number of carboxylic acid groups (broad SMARTS) is 1. The summed E-state index contributed by atoms with van der Waals surface area (Å²) >= 11 is 0. The molecule has 0 saturated heterocycles. The van der Waals surface area contributed by atoms with Crippen LogP contribution in [0.4, 0.5) is 5.69 Å². The number of carboxylic acids is 1. The standard InChI is InChI=1S/C26H31N3O3/c1-16-6-8-20(9-7-16)24-21(15-23(31)32)18(3)25-26-22(24)14-17(2)29(26)13-12-28(25)11-10-27(5)19(4)30/h6-9,14H,10-13,15H2,1-5H3,(H,31,32). The zero-order valence-electron chi connectivity index (χ0n) is 19.5. The van der Waals surface area contributed by atoms with Gasteiger partial charge in [0.05, 0.1) is 17.6 Å². The summed E-state index contributed by atoms with van der Waals surface area (Å²) in [6.07, 6.45) is -0.0244. The topological polar surface area (TPSA) is 65.8 Å². The lowest BCUT2D eigenvalue weighted by molar-refractivity contribution is -0.136. The number of aliphatic carboxylic acids is 1. The number of carbonyl (C=O) groups excluding carboxylic acids is 1. The van der Waals surface area contributed by atoms with Crippen LogP contribution in [0.25, 0.3) is 22.0 Å². The van der Waals surface area contributed by atoms with Crippen molar-refractivity contribution in [3.05, 3.63) is 52.7 Å². The van der Waals surface area contributed by atoms with Crippen LogP contribution in [0.5, 0.6) is 0 Å². The van der Waals surface area contributed by atoms with Crippen molar-refractivity contribution in [1.82, 2.24) is 9.47 Å². The summed E-state index contributed by atoms with van der Waals surface area (Å²) in [5, 5.41) is 10.9. The van der Waals surface area contributed by atoms with Gasteiger partial charge in [-0.15, -0.1) is 0 Å². The molecule has 0 bridgehead atoms. The summed E-state index contributed by atoms with van der Waals surface area (Å²) in [6.45, 7) is 10.9. The second kappa shape index (κ2) is 8.34. The maximum atomic E-state index is 11.9. The quantitative estimate of drug-likeness (QED) is 0.634. The van der Waals surface area contributed by atoms with Gasteiger partial charge in [-0.2, -0.15) is 0 Å². The number of anilines is 1. The van der Waals surface area contributed by atoms with Crippen molar-refractivity contribution >= 4 is 28.5 Å². The molecule has 1 aromatic heterocycles. The number of carbonyl (C=O) groups is 2. The molecule has 1 aliphatic heterocycles. The molecule has 168 valence electrons. The highest BCUT2D eigenvalue weighted by atomic mass is 16.4. The Kier molecular flexibility index (Phi) is 5.71. The largest absolute Gasteiger partial charge is 0.481 e. The van der Waals surface area contributed by atoms with Crippen LogP contribution in [0, 0.1) is 20.8 Å². The lowest BCUT2D eigenvalue weighted by Gasteiger charge is -2.35. The van der Waals surface area contributed by atoms with E-state index in [1.54, 1.807) is 11.8 Å². The summed E-state index contributed by atoms with van der Waals surface area (Å²) < 4.78 is 2.35. The van der Waals surface area contributed by atoms with Gasteiger partial charge in [0.15, 0.2) is 0 Å². The van der Waals surface area contributed by atoms with Gasteiger partial charge in [0.25, 0.3) is 0 Å². The monoisotopic (exact) mass is 433 g/mol. The van der Waals surface area contributed by atoms with Crippen molar-refractivity contribution in [2.75, 3.05) is 31.6 Å². The van der Waals surface area contributed by atoms with Crippen LogP contribution in [-0.4, -0.2) is 53.1 Å². The molecule has 4 rings (SSSR count). The first-order valence-electron chi connectivity index (χ1n) is 11.1. The van der Waals surface area contributed by atoms with E-state index in [-0.39, 0.29) is 12.3 Å². The normalized spacial score (nSPS) is 13.0. The Labute approximate surface area is 189 Å². The number of benzene rings is 2. The third-order valence-electron chi connectivity index (χ3n) is 6.73. The number of aryl methyl sites for hydroxylation is 2. The number of hydrogen-bond donors (Lipinski definition) is 1. The Balaban J connectivity index is 1.96. The molecule has 6 heteroatoms. The van der Waals surface area contributed by atoms with E-state index in [2.05, 4.69) is 53.6 Å². The van der Waals surface area contributed by atoms with Crippen molar-refractivity contribution in [3.63, 3.8) is 0 Å². The second-order valence-corrected chi connectivity index (χ2v) is 8.89. The molecule has 1 amide bonds. The first-order chi connectivity index (χ1) is 15.2. The summed E-state index contributed by atoms with van der Waals surface area (Å²) in [6, 6.07) is 10.5. The summed E-state index contributed by atoms with van der Waals surface area (Å²) in [5.74, 6) is -0.785. The highest BCUT2D eigenvalue weighted by Gasteiger charge is 2.28. The number of hydrogen-bond acceptors (Lipinski definition) is 3. The third-order valence-corrected chi connectivity index (χ3v) is 6.73. The van der Waals surface area contributed by atoms with Gasteiger partial charge in [-0.1, -0.05) is 29.8 Å². The van der Waals surface area contributed by atoms with Crippen LogP contribution in [0.1, 0.15) is 29.3 Å². The van der Waals surface area contributed by atoms with Crippen LogP contribution in [0.2, 0.25) is 0 Å². The minimum Gasteiger partial charge on any atom is -0.481 e. The average Bonchev–Trinajstić information content (AvgIpc) is 3.07. The van der Waals surface area contributed by atoms with E-state index in [9.17, 15) is 14.7 Å². The number of likely N-dealkylation sites (N-methyl/N-ethyl adjacent to an activating group) is 1. The molecule has 0 spiro atoms. The SMILES string of the molecule is CC(=O)N(C)CCN1CCn2c(C)cc3c(-c4ccc(C)cc4)c(CC(=O)O)c(C)c1c32. The highest BCUT2D eigenvalue weighted by molar-refractivity contribution is 6.07. The molecular weight excluding hydrogens is 402 g/mol. The van der Waals surface area contributed by atoms with Gasteiger partial charge < -0.3 is 19.5 Å². The summed E-state index contributed by atoms with van der Waals surface area (Å²) in [5.41, 5.74) is 8.58. The van der Waals surface area contributed by atoms with Gasteiger partial charge in [-0.05, 0) is 49.1 Å². The second-order valence-electron chi connectivity index (χ2n) is 8.89. The fraction of sp³-hybridized carbons (Fsp3) is 0.385. The molecule has 32 heavy (non-hydrogen) atoms. The molecule has 1 N–H and O–H groups in total. The van der Waals surface area contributed by atoms with E-state index in [0.29, 0.717) is 13.1 Å². The molecule has 2 heterocycles. The maximum absolute atomic E-state index is 11.9. The van der Waals surface area contributed by atoms with E-state index in [1.807, 2.05) is 14.0 Å². The molecule has 0 radical (unpaired) electrons. The van der Waals surface area contributed by atoms with Crippen molar-refractivity contribution in [2.45, 2.75) is 40.7 Å². The van der Waals surface area contributed by atoms with Gasteiger partial charge in [-0.3, -0.25) is 9.59 Å². The highest BCUT2D eigenvalue weighted by Crippen LogP contribution is 2.44. The number of nitrogens with zero attached hydrogens (tertiary/aromatic N) is 3. The molecule has 0 aliphatic carbocycles. The zero-order chi connectivity index (χ0) is 23.2. The van der Waals surface area contributed by atoms with E-state index >= 15 is 0 Å². The fourth-order valence-corrected chi connectivity index (χ4v) is 4.87. The van der Waals surface area contributed by atoms with Crippen LogP contribution in [-0.2, 0) is 22.6 Å². The summed E-state index contributed by atoms with van der Waals surface area (Å²) in [7, 11) is 1.82. The van der Waals surface area contributed by atoms with Gasteiger partial charge in [0.2, 0.25) is 5.91 Å².